The predicted molar refractivity (Wildman–Crippen MR) is 150 cm³/mol. The molecule has 2 aromatic carbocycles. The quantitative estimate of drug-likeness (QED) is 0.161. The molecule has 3 heterocycles. The summed E-state index contributed by atoms with van der Waals surface area (Å²) in [5.41, 5.74) is 1.20. The van der Waals surface area contributed by atoms with Crippen LogP contribution in [0.3, 0.4) is 0 Å². The summed E-state index contributed by atoms with van der Waals surface area (Å²) in [6, 6.07) is 14.0. The van der Waals surface area contributed by atoms with Crippen molar-refractivity contribution in [3.05, 3.63) is 116 Å². The van der Waals surface area contributed by atoms with Crippen LogP contribution in [0.5, 0.6) is 0 Å². The normalized spacial score (nSPS) is 15.2. The number of fused-ring (bicyclic) bond motifs is 1. The fourth-order valence-electron chi connectivity index (χ4n) is 4.32. The van der Waals surface area contributed by atoms with Gasteiger partial charge in [0.05, 0.1) is 38.9 Å². The number of esters is 1. The number of ether oxygens (including phenoxy) is 1. The molecule has 198 valence electrons. The third-order valence-electron chi connectivity index (χ3n) is 6.02. The molecule has 0 unspecified atom stereocenters. The Labute approximate surface area is 238 Å². The summed E-state index contributed by atoms with van der Waals surface area (Å²) >= 11 is 10.5. The van der Waals surface area contributed by atoms with Gasteiger partial charge in [0.2, 0.25) is 0 Å². The SMILES string of the molecule is CCOC(=O)C1=C(C)N=c2s/c(=C\c3ccc(-c4ccc(Br)cc4[N+](=O)[O-])o3)c(=O)n2[C@H]1c1ccc(Cl)cc1. The number of nitro benzene ring substituents is 1. The molecule has 0 N–H and O–H groups in total. The largest absolute Gasteiger partial charge is 0.463 e. The fourth-order valence-corrected chi connectivity index (χ4v) is 5.82. The second kappa shape index (κ2) is 10.8. The number of halogens is 2. The molecular weight excluding hydrogens is 610 g/mol. The molecule has 0 saturated carbocycles. The third-order valence-corrected chi connectivity index (χ3v) is 7.75. The van der Waals surface area contributed by atoms with E-state index in [1.54, 1.807) is 68.5 Å². The summed E-state index contributed by atoms with van der Waals surface area (Å²) in [5.74, 6) is 0.0595. The molecule has 0 spiro atoms. The van der Waals surface area contributed by atoms with Crippen molar-refractivity contribution in [2.45, 2.75) is 19.9 Å². The number of benzene rings is 2. The summed E-state index contributed by atoms with van der Waals surface area (Å²) < 4.78 is 13.5. The van der Waals surface area contributed by atoms with Crippen molar-refractivity contribution in [3.8, 4) is 11.3 Å². The lowest BCUT2D eigenvalue weighted by Crippen LogP contribution is -2.39. The summed E-state index contributed by atoms with van der Waals surface area (Å²) in [6.07, 6.45) is 1.56. The van der Waals surface area contributed by atoms with Crippen molar-refractivity contribution < 1.29 is 18.9 Å². The molecule has 4 aromatic rings. The smallest absolute Gasteiger partial charge is 0.338 e. The van der Waals surface area contributed by atoms with Crippen molar-refractivity contribution in [2.24, 2.45) is 4.99 Å². The van der Waals surface area contributed by atoms with Gasteiger partial charge in [0.15, 0.2) is 4.80 Å². The van der Waals surface area contributed by atoms with Gasteiger partial charge in [-0.05, 0) is 55.8 Å². The maximum absolute atomic E-state index is 13.7. The highest BCUT2D eigenvalue weighted by atomic mass is 79.9. The van der Waals surface area contributed by atoms with Gasteiger partial charge in [-0.25, -0.2) is 9.79 Å². The van der Waals surface area contributed by atoms with E-state index in [1.165, 1.54) is 10.6 Å². The van der Waals surface area contributed by atoms with Crippen molar-refractivity contribution in [2.75, 3.05) is 6.61 Å². The Hall–Kier alpha value is -3.80. The highest BCUT2D eigenvalue weighted by Crippen LogP contribution is 2.34. The lowest BCUT2D eigenvalue weighted by molar-refractivity contribution is -0.384. The zero-order valence-corrected chi connectivity index (χ0v) is 23.7. The van der Waals surface area contributed by atoms with E-state index >= 15 is 0 Å². The Bertz CT molecular complexity index is 1840. The maximum atomic E-state index is 13.7. The molecule has 1 aliphatic heterocycles. The minimum Gasteiger partial charge on any atom is -0.463 e. The van der Waals surface area contributed by atoms with Gasteiger partial charge >= 0.3 is 5.97 Å². The lowest BCUT2D eigenvalue weighted by atomic mass is 9.96. The monoisotopic (exact) mass is 627 g/mol. The molecule has 2 aromatic heterocycles. The van der Waals surface area contributed by atoms with Gasteiger partial charge in [-0.3, -0.25) is 19.5 Å². The Morgan fingerprint density at radius 1 is 1.26 bits per heavy atom. The molecule has 12 heteroatoms. The number of carbonyl (C=O) groups is 1. The number of thiazole rings is 1. The van der Waals surface area contributed by atoms with Crippen LogP contribution in [0.25, 0.3) is 17.4 Å². The zero-order chi connectivity index (χ0) is 27.8. The van der Waals surface area contributed by atoms with E-state index in [4.69, 9.17) is 20.8 Å². The van der Waals surface area contributed by atoms with Crippen LogP contribution in [0.2, 0.25) is 5.02 Å². The van der Waals surface area contributed by atoms with Crippen LogP contribution in [-0.2, 0) is 9.53 Å². The highest BCUT2D eigenvalue weighted by molar-refractivity contribution is 9.10. The number of hydrogen-bond donors (Lipinski definition) is 0. The predicted octanol–water partition coefficient (Wildman–Crippen LogP) is 5.38. The molecule has 0 saturated heterocycles. The zero-order valence-electron chi connectivity index (χ0n) is 20.5. The van der Waals surface area contributed by atoms with E-state index in [0.29, 0.717) is 41.4 Å². The summed E-state index contributed by atoms with van der Waals surface area (Å²) in [4.78, 5) is 42.7. The first-order valence-corrected chi connectivity index (χ1v) is 13.7. The Balaban J connectivity index is 1.63. The molecule has 0 fully saturated rings. The van der Waals surface area contributed by atoms with E-state index in [-0.39, 0.29) is 29.2 Å². The number of hydrogen-bond acceptors (Lipinski definition) is 8. The molecule has 39 heavy (non-hydrogen) atoms. The summed E-state index contributed by atoms with van der Waals surface area (Å²) in [5, 5.41) is 12.1. The third kappa shape index (κ3) is 5.12. The molecule has 1 aliphatic rings. The Morgan fingerprint density at radius 2 is 2.00 bits per heavy atom. The van der Waals surface area contributed by atoms with Gasteiger partial charge in [-0.1, -0.05) is 51.0 Å². The van der Waals surface area contributed by atoms with Crippen LogP contribution in [0.4, 0.5) is 5.69 Å². The number of carbonyl (C=O) groups excluding carboxylic acids is 1. The van der Waals surface area contributed by atoms with Crippen LogP contribution in [0.1, 0.15) is 31.2 Å². The molecule has 5 rings (SSSR count). The average molecular weight is 629 g/mol. The first-order valence-electron chi connectivity index (χ1n) is 11.7. The fraction of sp³-hybridized carbons (Fsp3) is 0.148. The van der Waals surface area contributed by atoms with Gasteiger partial charge in [0, 0.05) is 21.6 Å². The number of allylic oxidation sites excluding steroid dienone is 1. The second-order valence-electron chi connectivity index (χ2n) is 8.47. The highest BCUT2D eigenvalue weighted by Gasteiger charge is 2.33. The number of nitro groups is 1. The van der Waals surface area contributed by atoms with Crippen LogP contribution >= 0.6 is 38.9 Å². The minimum absolute atomic E-state index is 0.116. The van der Waals surface area contributed by atoms with Crippen LogP contribution < -0.4 is 14.9 Å². The van der Waals surface area contributed by atoms with Gasteiger partial charge < -0.3 is 9.15 Å². The summed E-state index contributed by atoms with van der Waals surface area (Å²) in [7, 11) is 0. The lowest BCUT2D eigenvalue weighted by Gasteiger charge is -2.24. The van der Waals surface area contributed by atoms with Gasteiger partial charge in [-0.15, -0.1) is 0 Å². The first kappa shape index (κ1) is 26.8. The van der Waals surface area contributed by atoms with Gasteiger partial charge in [0.1, 0.15) is 11.5 Å². The van der Waals surface area contributed by atoms with E-state index in [9.17, 15) is 19.7 Å². The van der Waals surface area contributed by atoms with E-state index in [1.807, 2.05) is 0 Å². The molecular formula is C27H19BrClN3O6S. The van der Waals surface area contributed by atoms with Crippen molar-refractivity contribution in [1.82, 2.24) is 4.57 Å². The van der Waals surface area contributed by atoms with Crippen LogP contribution in [0.15, 0.2) is 84.5 Å². The number of furan rings is 1. The number of nitrogens with zero attached hydrogens (tertiary/aromatic N) is 3. The van der Waals surface area contributed by atoms with E-state index in [0.717, 1.165) is 11.3 Å². The van der Waals surface area contributed by atoms with Crippen LogP contribution in [0, 0.1) is 10.1 Å². The molecule has 0 bridgehead atoms. The van der Waals surface area contributed by atoms with E-state index in [2.05, 4.69) is 20.9 Å². The van der Waals surface area contributed by atoms with E-state index < -0.39 is 16.9 Å². The van der Waals surface area contributed by atoms with Gasteiger partial charge in [0.25, 0.3) is 11.2 Å². The Morgan fingerprint density at radius 3 is 2.69 bits per heavy atom. The van der Waals surface area contributed by atoms with Crippen molar-refractivity contribution in [3.63, 3.8) is 0 Å². The number of rotatable bonds is 6. The molecule has 0 radical (unpaired) electrons. The van der Waals surface area contributed by atoms with Gasteiger partial charge in [-0.2, -0.15) is 0 Å². The first-order chi connectivity index (χ1) is 18.7. The molecule has 0 aliphatic carbocycles. The van der Waals surface area contributed by atoms with Crippen molar-refractivity contribution in [1.29, 1.82) is 0 Å². The minimum atomic E-state index is -0.766. The molecule has 1 atom stereocenters. The number of aromatic nitrogens is 1. The Kier molecular flexibility index (Phi) is 7.39. The second-order valence-corrected chi connectivity index (χ2v) is 10.8. The maximum Gasteiger partial charge on any atom is 0.338 e. The van der Waals surface area contributed by atoms with Crippen LogP contribution in [-0.4, -0.2) is 22.1 Å². The topological polar surface area (TPSA) is 117 Å². The molecule has 9 nitrogen and oxygen atoms in total. The molecule has 0 amide bonds. The standard InChI is InChI=1S/C27H19BrClN3O6S/c1-3-37-26(34)23-14(2)30-27-31(24(23)15-4-7-17(29)8-5-15)25(33)22(39-27)13-18-9-11-21(38-18)19-10-6-16(28)12-20(19)32(35)36/h4-13,24H,3H2,1-2H3/b22-13-/t24-/m0/s1. The summed E-state index contributed by atoms with van der Waals surface area (Å²) in [6.45, 7) is 3.59. The average Bonchev–Trinajstić information content (AvgIpc) is 3.48. The van der Waals surface area contributed by atoms with Crippen molar-refractivity contribution >= 4 is 56.6 Å².